The van der Waals surface area contributed by atoms with Gasteiger partial charge in [0, 0.05) is 27.5 Å². The lowest BCUT2D eigenvalue weighted by Gasteiger charge is -2.11. The van der Waals surface area contributed by atoms with Crippen LogP contribution in [-0.2, 0) is 20.2 Å². The Bertz CT molecular complexity index is 1660. The second-order valence-corrected chi connectivity index (χ2v) is 11.6. The van der Waals surface area contributed by atoms with Gasteiger partial charge in [0.2, 0.25) is 0 Å². The van der Waals surface area contributed by atoms with Crippen molar-refractivity contribution in [3.05, 3.63) is 107 Å². The number of rotatable bonds is 8. The third-order valence-electron chi connectivity index (χ3n) is 4.82. The van der Waals surface area contributed by atoms with Gasteiger partial charge in [-0.05, 0) is 84.9 Å². The Morgan fingerprint density at radius 1 is 0.579 bits per heavy atom. The molecule has 196 valence electrons. The van der Waals surface area contributed by atoms with E-state index in [1.54, 1.807) is 6.07 Å². The van der Waals surface area contributed by atoms with Crippen molar-refractivity contribution in [2.75, 3.05) is 10.6 Å². The maximum atomic E-state index is 12.5. The monoisotopic (exact) mass is 592 g/mol. The minimum absolute atomic E-state index is 0.0128. The molecule has 4 rings (SSSR count). The predicted octanol–water partition coefficient (Wildman–Crippen LogP) is 6.17. The number of anilines is 2. The first-order chi connectivity index (χ1) is 18.0. The molecule has 0 saturated carbocycles. The molecule has 0 radical (unpaired) electrons. The van der Waals surface area contributed by atoms with Gasteiger partial charge in [0.15, 0.2) is 0 Å². The number of amides is 2. The molecule has 4 aromatic rings. The molecule has 0 aliphatic heterocycles. The molecule has 0 saturated heterocycles. The van der Waals surface area contributed by atoms with Gasteiger partial charge in [-0.2, -0.15) is 16.8 Å². The van der Waals surface area contributed by atoms with Crippen LogP contribution in [0.3, 0.4) is 0 Å². The van der Waals surface area contributed by atoms with Crippen LogP contribution in [0.1, 0.15) is 0 Å². The Hall–Kier alpha value is -3.77. The second kappa shape index (κ2) is 11.3. The van der Waals surface area contributed by atoms with Gasteiger partial charge < -0.3 is 19.0 Å². The normalized spacial score (nSPS) is 11.4. The van der Waals surface area contributed by atoms with Crippen molar-refractivity contribution in [2.45, 2.75) is 9.79 Å². The minimum atomic E-state index is -4.11. The lowest BCUT2D eigenvalue weighted by molar-refractivity contribution is 0.262. The van der Waals surface area contributed by atoms with E-state index in [0.717, 1.165) is 0 Å². The van der Waals surface area contributed by atoms with Gasteiger partial charge in [0.1, 0.15) is 21.3 Å². The predicted molar refractivity (Wildman–Crippen MR) is 144 cm³/mol. The van der Waals surface area contributed by atoms with Gasteiger partial charge in [-0.3, -0.25) is 0 Å². The maximum Gasteiger partial charge on any atom is 0.339 e. The van der Waals surface area contributed by atoms with Gasteiger partial charge in [-0.15, -0.1) is 0 Å². The summed E-state index contributed by atoms with van der Waals surface area (Å²) in [6.45, 7) is 0. The Morgan fingerprint density at radius 3 is 1.58 bits per heavy atom. The molecule has 13 heteroatoms. The third-order valence-corrected chi connectivity index (χ3v) is 7.85. The molecule has 2 amide bonds. The number of carbonyl (C=O) groups excluding carboxylic acids is 1. The van der Waals surface area contributed by atoms with E-state index in [4.69, 9.17) is 31.6 Å². The first-order valence-electron chi connectivity index (χ1n) is 10.7. The van der Waals surface area contributed by atoms with Crippen LogP contribution in [0.5, 0.6) is 11.5 Å². The van der Waals surface area contributed by atoms with Crippen LogP contribution in [0.15, 0.2) is 107 Å². The molecule has 0 atom stereocenters. The number of hydrogen-bond acceptors (Lipinski definition) is 7. The number of urea groups is 1. The van der Waals surface area contributed by atoms with E-state index < -0.39 is 26.3 Å². The van der Waals surface area contributed by atoms with Crippen LogP contribution in [0.25, 0.3) is 0 Å². The third kappa shape index (κ3) is 7.17. The van der Waals surface area contributed by atoms with Gasteiger partial charge >= 0.3 is 26.3 Å². The molecule has 0 aromatic heterocycles. The molecule has 0 spiro atoms. The Labute approximate surface area is 229 Å². The van der Waals surface area contributed by atoms with Crippen molar-refractivity contribution in [3.8, 4) is 11.5 Å². The molecule has 0 unspecified atom stereocenters. The molecule has 38 heavy (non-hydrogen) atoms. The van der Waals surface area contributed by atoms with Crippen molar-refractivity contribution in [1.29, 1.82) is 0 Å². The fourth-order valence-corrected chi connectivity index (χ4v) is 5.17. The topological polar surface area (TPSA) is 128 Å². The number of nitrogens with one attached hydrogen (secondary N) is 2. The van der Waals surface area contributed by atoms with Crippen LogP contribution in [0.2, 0.25) is 10.0 Å². The standard InChI is InChI=1S/C25H18Cl2N2O7S2/c26-17-4-12-23(13-5-17)37(31,32)35-21-10-8-19(9-11-21)28-25(30)29-20-2-1-3-22(16-20)36-38(33,34)24-14-6-18(27)7-15-24/h1-16H,(H2,28,29,30). The number of carbonyl (C=O) groups is 1. The van der Waals surface area contributed by atoms with Crippen LogP contribution in [-0.4, -0.2) is 22.9 Å². The summed E-state index contributed by atoms with van der Waals surface area (Å²) in [6.07, 6.45) is 0. The molecule has 4 aromatic carbocycles. The van der Waals surface area contributed by atoms with E-state index in [-0.39, 0.29) is 27.0 Å². The van der Waals surface area contributed by atoms with Crippen molar-refractivity contribution in [3.63, 3.8) is 0 Å². The molecule has 9 nitrogen and oxygen atoms in total. The smallest absolute Gasteiger partial charge is 0.339 e. The Morgan fingerprint density at radius 2 is 1.05 bits per heavy atom. The lowest BCUT2D eigenvalue weighted by atomic mass is 10.3. The van der Waals surface area contributed by atoms with Gasteiger partial charge in [-0.25, -0.2) is 4.79 Å². The summed E-state index contributed by atoms with van der Waals surface area (Å²) >= 11 is 11.6. The van der Waals surface area contributed by atoms with Gasteiger partial charge in [-0.1, -0.05) is 29.3 Å². The zero-order valence-electron chi connectivity index (χ0n) is 19.2. The summed E-state index contributed by atoms with van der Waals surface area (Å²) in [4.78, 5) is 12.3. The highest BCUT2D eigenvalue weighted by molar-refractivity contribution is 7.87. The number of hydrogen-bond donors (Lipinski definition) is 2. The van der Waals surface area contributed by atoms with E-state index in [1.165, 1.54) is 91.0 Å². The molecule has 0 aliphatic rings. The summed E-state index contributed by atoms with van der Waals surface area (Å²) in [5.41, 5.74) is 0.608. The van der Waals surface area contributed by atoms with E-state index in [1.807, 2.05) is 0 Å². The summed E-state index contributed by atoms with van der Waals surface area (Å²) in [6, 6.07) is 21.8. The van der Waals surface area contributed by atoms with Crippen LogP contribution >= 0.6 is 23.2 Å². The van der Waals surface area contributed by atoms with Crippen LogP contribution in [0, 0.1) is 0 Å². The quantitative estimate of drug-likeness (QED) is 0.234. The maximum absolute atomic E-state index is 12.5. The Kier molecular flexibility index (Phi) is 8.12. The Balaban J connectivity index is 1.36. The highest BCUT2D eigenvalue weighted by Gasteiger charge is 2.18. The van der Waals surface area contributed by atoms with Crippen molar-refractivity contribution in [2.24, 2.45) is 0 Å². The fraction of sp³-hybridized carbons (Fsp3) is 0. The van der Waals surface area contributed by atoms with E-state index in [0.29, 0.717) is 15.7 Å². The highest BCUT2D eigenvalue weighted by Crippen LogP contribution is 2.24. The van der Waals surface area contributed by atoms with Crippen LogP contribution in [0.4, 0.5) is 16.2 Å². The molecule has 0 fully saturated rings. The average Bonchev–Trinajstić information content (AvgIpc) is 2.85. The summed E-state index contributed by atoms with van der Waals surface area (Å²) < 4.78 is 60.0. The zero-order valence-corrected chi connectivity index (χ0v) is 22.3. The van der Waals surface area contributed by atoms with Gasteiger partial charge in [0.25, 0.3) is 0 Å². The van der Waals surface area contributed by atoms with E-state index >= 15 is 0 Å². The fourth-order valence-electron chi connectivity index (χ4n) is 3.07. The van der Waals surface area contributed by atoms with E-state index in [9.17, 15) is 21.6 Å². The molecular weight excluding hydrogens is 575 g/mol. The van der Waals surface area contributed by atoms with E-state index in [2.05, 4.69) is 10.6 Å². The average molecular weight is 593 g/mol. The lowest BCUT2D eigenvalue weighted by Crippen LogP contribution is -2.19. The molecule has 0 heterocycles. The van der Waals surface area contributed by atoms with Crippen molar-refractivity contribution < 1.29 is 30.0 Å². The van der Waals surface area contributed by atoms with Gasteiger partial charge in [0.05, 0.1) is 0 Å². The molecule has 2 N–H and O–H groups in total. The highest BCUT2D eigenvalue weighted by atomic mass is 35.5. The summed E-state index contributed by atoms with van der Waals surface area (Å²) in [5.74, 6) is 0.0267. The molecule has 0 aliphatic carbocycles. The summed E-state index contributed by atoms with van der Waals surface area (Å²) in [5, 5.41) is 5.91. The number of benzene rings is 4. The van der Waals surface area contributed by atoms with Crippen molar-refractivity contribution in [1.82, 2.24) is 0 Å². The van der Waals surface area contributed by atoms with Crippen LogP contribution < -0.4 is 19.0 Å². The summed E-state index contributed by atoms with van der Waals surface area (Å²) in [7, 11) is -8.17. The minimum Gasteiger partial charge on any atom is -0.379 e. The SMILES string of the molecule is O=C(Nc1ccc(OS(=O)(=O)c2ccc(Cl)cc2)cc1)Nc1cccc(OS(=O)(=O)c2ccc(Cl)cc2)c1. The second-order valence-electron chi connectivity index (χ2n) is 7.61. The first-order valence-corrected chi connectivity index (χ1v) is 14.3. The molecular formula is C25H18Cl2N2O7S2. The first kappa shape index (κ1) is 27.3. The van der Waals surface area contributed by atoms with Crippen molar-refractivity contribution >= 4 is 60.8 Å². The largest absolute Gasteiger partial charge is 0.379 e. The molecule has 0 bridgehead atoms. The zero-order chi connectivity index (χ0) is 27.3. The number of halogens is 2.